The number of hydrogen-bond donors (Lipinski definition) is 1. The smallest absolute Gasteiger partial charge is 0.123 e. The Labute approximate surface area is 154 Å². The van der Waals surface area contributed by atoms with Crippen molar-refractivity contribution in [1.82, 2.24) is 4.90 Å². The lowest BCUT2D eigenvalue weighted by atomic mass is 10.2. The van der Waals surface area contributed by atoms with Gasteiger partial charge in [-0.25, -0.2) is 4.39 Å². The van der Waals surface area contributed by atoms with Crippen molar-refractivity contribution in [3.05, 3.63) is 66.0 Å². The van der Waals surface area contributed by atoms with Gasteiger partial charge in [0.25, 0.3) is 0 Å². The molecule has 1 aliphatic heterocycles. The standard InChI is InChI=1S/C20H25FN2OS/c21-18-6-8-19(9-7-18)23-12-10-22(11-13-23)14-20(25)16-24-15-17-4-2-1-3-5-17/h1-9,20,25H,10-16H2. The molecule has 1 heterocycles. The molecule has 1 saturated heterocycles. The number of piperazine rings is 1. The summed E-state index contributed by atoms with van der Waals surface area (Å²) < 4.78 is 18.8. The number of rotatable bonds is 7. The summed E-state index contributed by atoms with van der Waals surface area (Å²) in [5, 5.41) is 0.209. The summed E-state index contributed by atoms with van der Waals surface area (Å²) in [5.74, 6) is -0.184. The molecule has 0 N–H and O–H groups in total. The highest BCUT2D eigenvalue weighted by Gasteiger charge is 2.19. The second-order valence-corrected chi connectivity index (χ2v) is 7.15. The SMILES string of the molecule is Fc1ccc(N2CCN(CC(S)COCc3ccccc3)CC2)cc1. The third-order valence-corrected chi connectivity index (χ3v) is 4.77. The highest BCUT2D eigenvalue weighted by molar-refractivity contribution is 7.81. The van der Waals surface area contributed by atoms with Gasteiger partial charge < -0.3 is 9.64 Å². The summed E-state index contributed by atoms with van der Waals surface area (Å²) in [6.07, 6.45) is 0. The number of ether oxygens (including phenoxy) is 1. The summed E-state index contributed by atoms with van der Waals surface area (Å²) in [5.41, 5.74) is 2.28. The summed E-state index contributed by atoms with van der Waals surface area (Å²) in [6.45, 7) is 6.11. The van der Waals surface area contributed by atoms with Crippen molar-refractivity contribution >= 4 is 18.3 Å². The molecular formula is C20H25FN2OS. The molecule has 2 aromatic carbocycles. The first-order valence-electron chi connectivity index (χ1n) is 8.73. The van der Waals surface area contributed by atoms with E-state index in [4.69, 9.17) is 4.74 Å². The van der Waals surface area contributed by atoms with Crippen molar-refractivity contribution in [3.63, 3.8) is 0 Å². The van der Waals surface area contributed by atoms with Gasteiger partial charge in [0.2, 0.25) is 0 Å². The Balaban J connectivity index is 1.36. The fourth-order valence-corrected chi connectivity index (χ4v) is 3.41. The van der Waals surface area contributed by atoms with Gasteiger partial charge in [0.15, 0.2) is 0 Å². The van der Waals surface area contributed by atoms with E-state index in [1.807, 2.05) is 30.3 Å². The number of anilines is 1. The van der Waals surface area contributed by atoms with E-state index in [1.165, 1.54) is 17.7 Å². The molecule has 25 heavy (non-hydrogen) atoms. The molecule has 5 heteroatoms. The van der Waals surface area contributed by atoms with Crippen LogP contribution in [0.15, 0.2) is 54.6 Å². The fraction of sp³-hybridized carbons (Fsp3) is 0.400. The summed E-state index contributed by atoms with van der Waals surface area (Å²) in [7, 11) is 0. The van der Waals surface area contributed by atoms with Crippen molar-refractivity contribution in [1.29, 1.82) is 0 Å². The molecule has 0 radical (unpaired) electrons. The van der Waals surface area contributed by atoms with Crippen molar-refractivity contribution < 1.29 is 9.13 Å². The van der Waals surface area contributed by atoms with Crippen LogP contribution in [0, 0.1) is 5.82 Å². The van der Waals surface area contributed by atoms with Crippen LogP contribution in [0.5, 0.6) is 0 Å². The Hall–Kier alpha value is -1.56. The van der Waals surface area contributed by atoms with Gasteiger partial charge in [0, 0.05) is 43.7 Å². The number of thiol groups is 1. The molecular weight excluding hydrogens is 335 g/mol. The quantitative estimate of drug-likeness (QED) is 0.762. The van der Waals surface area contributed by atoms with Crippen molar-refractivity contribution in [2.45, 2.75) is 11.9 Å². The highest BCUT2D eigenvalue weighted by atomic mass is 32.1. The van der Waals surface area contributed by atoms with Gasteiger partial charge in [-0.05, 0) is 29.8 Å². The van der Waals surface area contributed by atoms with Crippen molar-refractivity contribution in [2.24, 2.45) is 0 Å². The number of halogens is 1. The lowest BCUT2D eigenvalue weighted by Crippen LogP contribution is -2.48. The molecule has 0 saturated carbocycles. The minimum atomic E-state index is -0.184. The molecule has 1 unspecified atom stereocenters. The van der Waals surface area contributed by atoms with Crippen LogP contribution in [0.2, 0.25) is 0 Å². The van der Waals surface area contributed by atoms with Crippen LogP contribution in [0.4, 0.5) is 10.1 Å². The lowest BCUT2D eigenvalue weighted by molar-refractivity contribution is 0.112. The van der Waals surface area contributed by atoms with Gasteiger partial charge in [-0.1, -0.05) is 30.3 Å². The summed E-state index contributed by atoms with van der Waals surface area (Å²) in [6, 6.07) is 17.0. The zero-order chi connectivity index (χ0) is 17.5. The predicted octanol–water partition coefficient (Wildman–Crippen LogP) is 3.46. The Bertz CT molecular complexity index is 630. The Morgan fingerprint density at radius 2 is 1.64 bits per heavy atom. The van der Waals surface area contributed by atoms with Crippen LogP contribution in [0.25, 0.3) is 0 Å². The monoisotopic (exact) mass is 360 g/mol. The molecule has 3 nitrogen and oxygen atoms in total. The van der Waals surface area contributed by atoms with E-state index in [2.05, 4.69) is 34.6 Å². The van der Waals surface area contributed by atoms with E-state index in [1.54, 1.807) is 0 Å². The maximum Gasteiger partial charge on any atom is 0.123 e. The topological polar surface area (TPSA) is 15.7 Å². The Kier molecular flexibility index (Phi) is 6.73. The van der Waals surface area contributed by atoms with Crippen LogP contribution in [0.1, 0.15) is 5.56 Å². The molecule has 0 spiro atoms. The minimum absolute atomic E-state index is 0.184. The number of nitrogens with zero attached hydrogens (tertiary/aromatic N) is 2. The molecule has 134 valence electrons. The summed E-state index contributed by atoms with van der Waals surface area (Å²) >= 11 is 4.67. The molecule has 3 rings (SSSR count). The molecule has 0 amide bonds. The lowest BCUT2D eigenvalue weighted by Gasteiger charge is -2.37. The first-order valence-corrected chi connectivity index (χ1v) is 9.25. The van der Waals surface area contributed by atoms with Gasteiger partial charge in [-0.3, -0.25) is 4.90 Å². The maximum atomic E-state index is 13.0. The molecule has 0 aromatic heterocycles. The van der Waals surface area contributed by atoms with Crippen molar-refractivity contribution in [3.8, 4) is 0 Å². The second-order valence-electron chi connectivity index (χ2n) is 6.42. The van der Waals surface area contributed by atoms with Crippen molar-refractivity contribution in [2.75, 3.05) is 44.2 Å². The largest absolute Gasteiger partial charge is 0.376 e. The minimum Gasteiger partial charge on any atom is -0.376 e. The van der Waals surface area contributed by atoms with E-state index < -0.39 is 0 Å². The fourth-order valence-electron chi connectivity index (χ4n) is 3.08. The van der Waals surface area contributed by atoms with Crippen LogP contribution in [-0.2, 0) is 11.3 Å². The maximum absolute atomic E-state index is 13.0. The van der Waals surface area contributed by atoms with Crippen LogP contribution < -0.4 is 4.90 Å². The van der Waals surface area contributed by atoms with Gasteiger partial charge in [-0.15, -0.1) is 0 Å². The zero-order valence-electron chi connectivity index (χ0n) is 14.4. The van der Waals surface area contributed by atoms with Crippen LogP contribution >= 0.6 is 12.6 Å². The third-order valence-electron chi connectivity index (χ3n) is 4.45. The molecule has 2 aromatic rings. The van der Waals surface area contributed by atoms with Crippen LogP contribution in [0.3, 0.4) is 0 Å². The Morgan fingerprint density at radius 1 is 0.960 bits per heavy atom. The number of benzene rings is 2. The average Bonchev–Trinajstić information content (AvgIpc) is 2.64. The van der Waals surface area contributed by atoms with E-state index in [0.29, 0.717) is 13.2 Å². The predicted molar refractivity (Wildman–Crippen MR) is 104 cm³/mol. The molecule has 0 bridgehead atoms. The first kappa shape index (κ1) is 18.2. The highest BCUT2D eigenvalue weighted by Crippen LogP contribution is 2.17. The zero-order valence-corrected chi connectivity index (χ0v) is 15.2. The molecule has 0 aliphatic carbocycles. The van der Waals surface area contributed by atoms with E-state index >= 15 is 0 Å². The first-order chi connectivity index (χ1) is 12.2. The summed E-state index contributed by atoms with van der Waals surface area (Å²) in [4.78, 5) is 4.72. The van der Waals surface area contributed by atoms with Crippen LogP contribution in [-0.4, -0.2) is 49.5 Å². The van der Waals surface area contributed by atoms with E-state index in [-0.39, 0.29) is 11.1 Å². The van der Waals surface area contributed by atoms with Gasteiger partial charge in [-0.2, -0.15) is 12.6 Å². The molecule has 1 fully saturated rings. The molecule has 1 aliphatic rings. The van der Waals surface area contributed by atoms with E-state index in [9.17, 15) is 4.39 Å². The average molecular weight is 360 g/mol. The van der Waals surface area contributed by atoms with E-state index in [0.717, 1.165) is 38.4 Å². The normalized spacial score (nSPS) is 16.8. The Morgan fingerprint density at radius 3 is 2.32 bits per heavy atom. The van der Waals surface area contributed by atoms with Gasteiger partial charge in [0.05, 0.1) is 13.2 Å². The third kappa shape index (κ3) is 5.73. The van der Waals surface area contributed by atoms with Gasteiger partial charge >= 0.3 is 0 Å². The van der Waals surface area contributed by atoms with Gasteiger partial charge in [0.1, 0.15) is 5.82 Å². The molecule has 1 atom stereocenters. The number of hydrogen-bond acceptors (Lipinski definition) is 4. The second kappa shape index (κ2) is 9.22.